The number of likely N-dealkylation sites (tertiary alicyclic amines) is 1. The molecule has 1 saturated heterocycles. The van der Waals surface area contributed by atoms with Crippen LogP contribution in [-0.4, -0.2) is 45.4 Å². The molecule has 2 N–H and O–H groups in total. The number of pyridine rings is 1. The summed E-state index contributed by atoms with van der Waals surface area (Å²) in [6.07, 6.45) is 0.440. The quantitative estimate of drug-likeness (QED) is 0.714. The van der Waals surface area contributed by atoms with Crippen LogP contribution in [0.25, 0.3) is 0 Å². The number of aliphatic hydroxyl groups is 2. The van der Waals surface area contributed by atoms with Gasteiger partial charge in [-0.15, -0.1) is 0 Å². The predicted octanol–water partition coefficient (Wildman–Crippen LogP) is 0.272. The van der Waals surface area contributed by atoms with Crippen molar-refractivity contribution in [2.24, 2.45) is 0 Å². The Morgan fingerprint density at radius 3 is 2.53 bits per heavy atom. The first-order valence-corrected chi connectivity index (χ1v) is 5.22. The van der Waals surface area contributed by atoms with Crippen molar-refractivity contribution in [3.8, 4) is 0 Å². The highest BCUT2D eigenvalue weighted by Crippen LogP contribution is 2.14. The molecule has 1 aliphatic rings. The lowest BCUT2D eigenvalue weighted by atomic mass is 10.3. The van der Waals surface area contributed by atoms with Crippen LogP contribution in [0.2, 0.25) is 5.15 Å². The zero-order valence-electron chi connectivity index (χ0n) is 8.17. The van der Waals surface area contributed by atoms with Crippen molar-refractivity contribution in [1.82, 2.24) is 9.88 Å². The Kier molecular flexibility index (Phi) is 3.21. The normalized spacial score (nSPS) is 27.1. The maximum atomic E-state index is 9.36. The molecule has 0 aromatic carbocycles. The molecule has 2 rings (SSSR count). The van der Waals surface area contributed by atoms with E-state index in [0.717, 1.165) is 5.56 Å². The second-order valence-corrected chi connectivity index (χ2v) is 4.21. The summed E-state index contributed by atoms with van der Waals surface area (Å²) in [5, 5.41) is 19.2. The van der Waals surface area contributed by atoms with E-state index in [4.69, 9.17) is 11.6 Å². The van der Waals surface area contributed by atoms with Gasteiger partial charge in [-0.2, -0.15) is 0 Å². The van der Waals surface area contributed by atoms with Crippen LogP contribution in [0, 0.1) is 0 Å². The summed E-state index contributed by atoms with van der Waals surface area (Å²) in [4.78, 5) is 5.96. The highest BCUT2D eigenvalue weighted by atomic mass is 35.5. The molecular formula is C10H13ClN2O2. The summed E-state index contributed by atoms with van der Waals surface area (Å²) < 4.78 is 0. The van der Waals surface area contributed by atoms with E-state index < -0.39 is 12.2 Å². The molecule has 0 radical (unpaired) electrons. The van der Waals surface area contributed by atoms with Gasteiger partial charge in [0, 0.05) is 25.8 Å². The van der Waals surface area contributed by atoms with Gasteiger partial charge < -0.3 is 10.2 Å². The highest BCUT2D eigenvalue weighted by Gasteiger charge is 2.29. The first kappa shape index (κ1) is 10.8. The number of β-amino-alcohol motifs (C(OH)–C–C–N with tert-alkyl or cyclic N) is 2. The molecule has 4 nitrogen and oxygen atoms in total. The summed E-state index contributed by atoms with van der Waals surface area (Å²) >= 11 is 5.67. The van der Waals surface area contributed by atoms with Gasteiger partial charge in [0.25, 0.3) is 0 Å². The maximum Gasteiger partial charge on any atom is 0.129 e. The third kappa shape index (κ3) is 2.66. The van der Waals surface area contributed by atoms with Crippen molar-refractivity contribution in [2.45, 2.75) is 18.8 Å². The highest BCUT2D eigenvalue weighted by molar-refractivity contribution is 6.29. The van der Waals surface area contributed by atoms with Crippen LogP contribution in [0.15, 0.2) is 18.3 Å². The van der Waals surface area contributed by atoms with Crippen molar-refractivity contribution in [1.29, 1.82) is 0 Å². The van der Waals surface area contributed by atoms with Gasteiger partial charge in [0.2, 0.25) is 0 Å². The average molecular weight is 229 g/mol. The van der Waals surface area contributed by atoms with Gasteiger partial charge in [0.05, 0.1) is 12.2 Å². The predicted molar refractivity (Wildman–Crippen MR) is 56.5 cm³/mol. The standard InChI is InChI=1S/C10H13ClN2O2/c11-10-2-1-7(3-12-10)4-13-5-8(14)9(15)6-13/h1-3,8-9,14-15H,4-6H2. The summed E-state index contributed by atoms with van der Waals surface area (Å²) in [6, 6.07) is 3.63. The minimum absolute atomic E-state index is 0.472. The van der Waals surface area contributed by atoms with E-state index in [9.17, 15) is 10.2 Å². The fraction of sp³-hybridized carbons (Fsp3) is 0.500. The van der Waals surface area contributed by atoms with Crippen LogP contribution >= 0.6 is 11.6 Å². The van der Waals surface area contributed by atoms with Crippen molar-refractivity contribution in [3.63, 3.8) is 0 Å². The molecule has 0 saturated carbocycles. The van der Waals surface area contributed by atoms with Crippen LogP contribution in [0.3, 0.4) is 0 Å². The van der Waals surface area contributed by atoms with E-state index in [2.05, 4.69) is 4.98 Å². The van der Waals surface area contributed by atoms with Crippen LogP contribution in [0.1, 0.15) is 5.56 Å². The molecule has 0 bridgehead atoms. The topological polar surface area (TPSA) is 56.6 Å². The van der Waals surface area contributed by atoms with Gasteiger partial charge in [-0.3, -0.25) is 4.90 Å². The molecule has 2 heterocycles. The number of aliphatic hydroxyl groups excluding tert-OH is 2. The summed E-state index contributed by atoms with van der Waals surface area (Å²) in [7, 11) is 0. The van der Waals surface area contributed by atoms with Gasteiger partial charge >= 0.3 is 0 Å². The van der Waals surface area contributed by atoms with Gasteiger partial charge in [-0.05, 0) is 11.6 Å². The maximum absolute atomic E-state index is 9.36. The molecule has 1 fully saturated rings. The summed E-state index contributed by atoms with van der Waals surface area (Å²) in [5.41, 5.74) is 1.03. The molecule has 2 unspecified atom stereocenters. The Bertz CT molecular complexity index is 321. The molecule has 1 aromatic rings. The number of rotatable bonds is 2. The molecule has 1 aromatic heterocycles. The SMILES string of the molecule is OC1CN(Cc2ccc(Cl)nc2)CC1O. The fourth-order valence-corrected chi connectivity index (χ4v) is 1.85. The third-order valence-corrected chi connectivity index (χ3v) is 2.75. The Labute approximate surface area is 93.1 Å². The van der Waals surface area contributed by atoms with Crippen molar-refractivity contribution < 1.29 is 10.2 Å². The molecule has 0 amide bonds. The number of halogens is 1. The lowest BCUT2D eigenvalue weighted by Gasteiger charge is -2.14. The van der Waals surface area contributed by atoms with Gasteiger partial charge in [-0.25, -0.2) is 4.98 Å². The Hall–Kier alpha value is -0.680. The minimum Gasteiger partial charge on any atom is -0.389 e. The van der Waals surface area contributed by atoms with E-state index in [0.29, 0.717) is 24.8 Å². The first-order valence-electron chi connectivity index (χ1n) is 4.84. The Morgan fingerprint density at radius 1 is 1.33 bits per heavy atom. The monoisotopic (exact) mass is 228 g/mol. The fourth-order valence-electron chi connectivity index (χ4n) is 1.73. The lowest BCUT2D eigenvalue weighted by molar-refractivity contribution is 0.0572. The zero-order chi connectivity index (χ0) is 10.8. The lowest BCUT2D eigenvalue weighted by Crippen LogP contribution is -2.22. The molecule has 0 spiro atoms. The third-order valence-electron chi connectivity index (χ3n) is 2.53. The number of hydrogen-bond donors (Lipinski definition) is 2. The van der Waals surface area contributed by atoms with Crippen molar-refractivity contribution in [2.75, 3.05) is 13.1 Å². The Balaban J connectivity index is 1.95. The molecule has 2 atom stereocenters. The molecule has 0 aliphatic carbocycles. The van der Waals surface area contributed by atoms with E-state index in [1.807, 2.05) is 11.0 Å². The number of hydrogen-bond acceptors (Lipinski definition) is 4. The molecular weight excluding hydrogens is 216 g/mol. The average Bonchev–Trinajstić information content (AvgIpc) is 2.50. The van der Waals surface area contributed by atoms with Crippen LogP contribution in [0.5, 0.6) is 0 Å². The molecule has 1 aliphatic heterocycles. The number of aromatic nitrogens is 1. The largest absolute Gasteiger partial charge is 0.389 e. The van der Waals surface area contributed by atoms with E-state index in [-0.39, 0.29) is 0 Å². The van der Waals surface area contributed by atoms with Crippen LogP contribution < -0.4 is 0 Å². The van der Waals surface area contributed by atoms with Gasteiger partial charge in [0.1, 0.15) is 5.15 Å². The van der Waals surface area contributed by atoms with E-state index in [1.54, 1.807) is 12.3 Å². The van der Waals surface area contributed by atoms with Gasteiger partial charge in [0.15, 0.2) is 0 Å². The second-order valence-electron chi connectivity index (χ2n) is 3.82. The first-order chi connectivity index (χ1) is 7.15. The van der Waals surface area contributed by atoms with Crippen molar-refractivity contribution in [3.05, 3.63) is 29.0 Å². The van der Waals surface area contributed by atoms with Crippen molar-refractivity contribution >= 4 is 11.6 Å². The minimum atomic E-state index is -0.634. The zero-order valence-corrected chi connectivity index (χ0v) is 8.93. The van der Waals surface area contributed by atoms with Crippen LogP contribution in [0.4, 0.5) is 0 Å². The summed E-state index contributed by atoms with van der Waals surface area (Å²) in [6.45, 7) is 1.69. The summed E-state index contributed by atoms with van der Waals surface area (Å²) in [5.74, 6) is 0. The van der Waals surface area contributed by atoms with E-state index >= 15 is 0 Å². The smallest absolute Gasteiger partial charge is 0.129 e. The number of nitrogens with zero attached hydrogens (tertiary/aromatic N) is 2. The van der Waals surface area contributed by atoms with E-state index in [1.165, 1.54) is 0 Å². The molecule has 5 heteroatoms. The molecule has 82 valence electrons. The Morgan fingerprint density at radius 2 is 2.00 bits per heavy atom. The second kappa shape index (κ2) is 4.45. The van der Waals surface area contributed by atoms with Crippen LogP contribution in [-0.2, 0) is 6.54 Å². The molecule has 15 heavy (non-hydrogen) atoms. The van der Waals surface area contributed by atoms with Gasteiger partial charge in [-0.1, -0.05) is 17.7 Å².